The van der Waals surface area contributed by atoms with E-state index < -0.39 is 12.7 Å². The first-order valence-electron chi connectivity index (χ1n) is 3.46. The van der Waals surface area contributed by atoms with Crippen LogP contribution in [0.15, 0.2) is 0 Å². The van der Waals surface area contributed by atoms with Crippen LogP contribution in [0, 0.1) is 0 Å². The zero-order valence-corrected chi connectivity index (χ0v) is 6.28. The number of hydrogen-bond acceptors (Lipinski definition) is 2. The normalized spacial score (nSPS) is 21.8. The molecule has 1 aliphatic rings. The first-order valence-corrected chi connectivity index (χ1v) is 3.46. The van der Waals surface area contributed by atoms with Gasteiger partial charge in [0.25, 0.3) is 0 Å². The van der Waals surface area contributed by atoms with Crippen LogP contribution in [-0.4, -0.2) is 43.8 Å². The summed E-state index contributed by atoms with van der Waals surface area (Å²) in [5.74, 6) is 0. The molecule has 1 saturated heterocycles. The van der Waals surface area contributed by atoms with Gasteiger partial charge < -0.3 is 10.2 Å². The third kappa shape index (κ3) is 3.07. The molecule has 66 valence electrons. The van der Waals surface area contributed by atoms with Crippen molar-refractivity contribution in [3.05, 3.63) is 0 Å². The summed E-state index contributed by atoms with van der Waals surface area (Å²) in [4.78, 5) is 1.97. The molecule has 0 unspecified atom stereocenters. The minimum atomic E-state index is -4.08. The van der Waals surface area contributed by atoms with Crippen LogP contribution < -0.4 is 5.32 Å². The van der Waals surface area contributed by atoms with Crippen molar-refractivity contribution in [2.45, 2.75) is 12.2 Å². The Morgan fingerprint density at radius 3 is 2.36 bits per heavy atom. The molecule has 0 aromatic rings. The van der Waals surface area contributed by atoms with Crippen LogP contribution in [0.5, 0.6) is 0 Å². The Kier molecular flexibility index (Phi) is 2.39. The predicted octanol–water partition coefficient (Wildman–Crippen LogP) is 0.452. The van der Waals surface area contributed by atoms with Gasteiger partial charge in [0, 0.05) is 19.1 Å². The van der Waals surface area contributed by atoms with E-state index in [1.165, 1.54) is 0 Å². The molecule has 5 heteroatoms. The lowest BCUT2D eigenvalue weighted by Gasteiger charge is -2.36. The first kappa shape index (κ1) is 8.80. The van der Waals surface area contributed by atoms with E-state index in [-0.39, 0.29) is 6.04 Å². The Hall–Kier alpha value is -0.290. The van der Waals surface area contributed by atoms with Gasteiger partial charge in [-0.25, -0.2) is 0 Å². The van der Waals surface area contributed by atoms with Gasteiger partial charge in [0.1, 0.15) is 0 Å². The van der Waals surface area contributed by atoms with Crippen LogP contribution in [0.1, 0.15) is 0 Å². The SMILES string of the molecule is CN1CC(NCC(F)(F)F)C1. The summed E-state index contributed by atoms with van der Waals surface area (Å²) < 4.78 is 34.8. The topological polar surface area (TPSA) is 15.3 Å². The van der Waals surface area contributed by atoms with Gasteiger partial charge in [-0.2, -0.15) is 13.2 Å². The molecular weight excluding hydrogens is 157 g/mol. The molecule has 0 bridgehead atoms. The van der Waals surface area contributed by atoms with E-state index in [2.05, 4.69) is 5.32 Å². The van der Waals surface area contributed by atoms with Crippen LogP contribution in [0.2, 0.25) is 0 Å². The zero-order valence-electron chi connectivity index (χ0n) is 6.28. The quantitative estimate of drug-likeness (QED) is 0.644. The number of nitrogens with one attached hydrogen (secondary N) is 1. The van der Waals surface area contributed by atoms with Crippen LogP contribution in [0.25, 0.3) is 0 Å². The summed E-state index contributed by atoms with van der Waals surface area (Å²) in [6.45, 7) is 0.567. The van der Waals surface area contributed by atoms with E-state index in [9.17, 15) is 13.2 Å². The van der Waals surface area contributed by atoms with Crippen LogP contribution in [0.3, 0.4) is 0 Å². The van der Waals surface area contributed by atoms with Gasteiger partial charge in [0.2, 0.25) is 0 Å². The molecule has 1 aliphatic heterocycles. The van der Waals surface area contributed by atoms with Crippen molar-refractivity contribution in [2.75, 3.05) is 26.7 Å². The minimum absolute atomic E-state index is 0.0293. The number of nitrogens with zero attached hydrogens (tertiary/aromatic N) is 1. The molecule has 1 heterocycles. The number of rotatable bonds is 2. The fourth-order valence-electron chi connectivity index (χ4n) is 1.09. The molecule has 0 aromatic carbocycles. The first-order chi connectivity index (χ1) is 4.97. The third-order valence-corrected chi connectivity index (χ3v) is 1.66. The van der Waals surface area contributed by atoms with E-state index in [1.807, 2.05) is 11.9 Å². The molecule has 0 saturated carbocycles. The maximum atomic E-state index is 11.6. The van der Waals surface area contributed by atoms with Crippen LogP contribution >= 0.6 is 0 Å². The molecule has 0 spiro atoms. The standard InChI is InChI=1S/C6H11F3N2/c1-11-2-5(3-11)10-4-6(7,8)9/h5,10H,2-4H2,1H3. The summed E-state index contributed by atoms with van der Waals surface area (Å²) in [5.41, 5.74) is 0. The van der Waals surface area contributed by atoms with Gasteiger partial charge in [-0.1, -0.05) is 0 Å². The molecule has 1 fully saturated rings. The highest BCUT2D eigenvalue weighted by Gasteiger charge is 2.31. The van der Waals surface area contributed by atoms with Crippen molar-refractivity contribution >= 4 is 0 Å². The highest BCUT2D eigenvalue weighted by molar-refractivity contribution is 4.83. The van der Waals surface area contributed by atoms with Gasteiger partial charge in [-0.3, -0.25) is 0 Å². The molecule has 2 nitrogen and oxygen atoms in total. The van der Waals surface area contributed by atoms with Crippen molar-refractivity contribution in [3.63, 3.8) is 0 Å². The maximum absolute atomic E-state index is 11.6. The molecule has 0 aliphatic carbocycles. The third-order valence-electron chi connectivity index (χ3n) is 1.66. The zero-order chi connectivity index (χ0) is 8.48. The largest absolute Gasteiger partial charge is 0.401 e. The number of halogens is 3. The van der Waals surface area contributed by atoms with Crippen LogP contribution in [0.4, 0.5) is 13.2 Å². The highest BCUT2D eigenvalue weighted by atomic mass is 19.4. The lowest BCUT2D eigenvalue weighted by atomic mass is 10.1. The average Bonchev–Trinajstić information content (AvgIpc) is 1.75. The highest BCUT2D eigenvalue weighted by Crippen LogP contribution is 2.14. The Bertz CT molecular complexity index is 128. The predicted molar refractivity (Wildman–Crippen MR) is 35.3 cm³/mol. The lowest BCUT2D eigenvalue weighted by Crippen LogP contribution is -2.57. The monoisotopic (exact) mass is 168 g/mol. The minimum Gasteiger partial charge on any atom is -0.303 e. The van der Waals surface area contributed by atoms with Crippen molar-refractivity contribution in [1.29, 1.82) is 0 Å². The van der Waals surface area contributed by atoms with E-state index in [0.29, 0.717) is 0 Å². The molecule has 1 rings (SSSR count). The van der Waals surface area contributed by atoms with Gasteiger partial charge in [-0.05, 0) is 7.05 Å². The molecule has 0 atom stereocenters. The molecule has 11 heavy (non-hydrogen) atoms. The second-order valence-corrected chi connectivity index (χ2v) is 2.91. The lowest BCUT2D eigenvalue weighted by molar-refractivity contribution is -0.128. The second kappa shape index (κ2) is 2.98. The van der Waals surface area contributed by atoms with E-state index in [1.54, 1.807) is 0 Å². The summed E-state index contributed by atoms with van der Waals surface area (Å²) in [7, 11) is 1.88. The molecular formula is C6H11F3N2. The van der Waals surface area contributed by atoms with Gasteiger partial charge in [-0.15, -0.1) is 0 Å². The second-order valence-electron chi connectivity index (χ2n) is 2.91. The average molecular weight is 168 g/mol. The maximum Gasteiger partial charge on any atom is 0.401 e. The fourth-order valence-corrected chi connectivity index (χ4v) is 1.09. The smallest absolute Gasteiger partial charge is 0.303 e. The number of alkyl halides is 3. The Morgan fingerprint density at radius 1 is 1.45 bits per heavy atom. The van der Waals surface area contributed by atoms with Gasteiger partial charge in [0.05, 0.1) is 6.54 Å². The van der Waals surface area contributed by atoms with Crippen LogP contribution in [-0.2, 0) is 0 Å². The molecule has 1 N–H and O–H groups in total. The van der Waals surface area contributed by atoms with Gasteiger partial charge >= 0.3 is 6.18 Å². The Morgan fingerprint density at radius 2 is 2.00 bits per heavy atom. The molecule has 0 aromatic heterocycles. The van der Waals surface area contributed by atoms with Crippen molar-refractivity contribution in [2.24, 2.45) is 0 Å². The fraction of sp³-hybridized carbons (Fsp3) is 1.00. The Balaban J connectivity index is 2.05. The summed E-state index contributed by atoms with van der Waals surface area (Å²) in [6, 6.07) is 0.0293. The van der Waals surface area contributed by atoms with Gasteiger partial charge in [0.15, 0.2) is 0 Å². The molecule has 0 amide bonds. The summed E-state index contributed by atoms with van der Waals surface area (Å²) >= 11 is 0. The molecule has 0 radical (unpaired) electrons. The summed E-state index contributed by atoms with van der Waals surface area (Å²) in [6.07, 6.45) is -4.08. The van der Waals surface area contributed by atoms with Crippen molar-refractivity contribution in [1.82, 2.24) is 10.2 Å². The summed E-state index contributed by atoms with van der Waals surface area (Å²) in [5, 5.41) is 2.42. The number of likely N-dealkylation sites (N-methyl/N-ethyl adjacent to an activating group) is 1. The van der Waals surface area contributed by atoms with E-state index in [4.69, 9.17) is 0 Å². The Labute approximate surface area is 63.4 Å². The number of likely N-dealkylation sites (tertiary alicyclic amines) is 1. The van der Waals surface area contributed by atoms with Crippen molar-refractivity contribution in [3.8, 4) is 0 Å². The van der Waals surface area contributed by atoms with E-state index >= 15 is 0 Å². The van der Waals surface area contributed by atoms with Crippen molar-refractivity contribution < 1.29 is 13.2 Å². The van der Waals surface area contributed by atoms with E-state index in [0.717, 1.165) is 13.1 Å². The number of hydrogen-bond donors (Lipinski definition) is 1.